The van der Waals surface area contributed by atoms with Gasteiger partial charge >= 0.3 is 5.97 Å². The molecule has 4 rings (SSSR count). The molecule has 156 valence electrons. The van der Waals surface area contributed by atoms with E-state index in [-0.39, 0.29) is 24.9 Å². The molecule has 0 saturated carbocycles. The molecule has 2 aromatic heterocycles. The second-order valence-corrected chi connectivity index (χ2v) is 8.47. The van der Waals surface area contributed by atoms with Crippen LogP contribution in [0.25, 0.3) is 21.1 Å². The van der Waals surface area contributed by atoms with Crippen LogP contribution in [0.3, 0.4) is 0 Å². The summed E-state index contributed by atoms with van der Waals surface area (Å²) in [5, 5.41) is 21.6. The Balaban J connectivity index is 1.93. The van der Waals surface area contributed by atoms with E-state index in [1.807, 2.05) is 45.3 Å². The number of aliphatic hydroxyl groups is 1. The number of hydrogen-bond acceptors (Lipinski definition) is 6. The predicted octanol–water partition coefficient (Wildman–Crippen LogP) is 4.38. The fourth-order valence-electron chi connectivity index (χ4n) is 4.25. The second-order valence-electron chi connectivity index (χ2n) is 7.56. The number of aryl methyl sites for hydroxylation is 3. The molecule has 0 aliphatic heterocycles. The average Bonchev–Trinajstić information content (AvgIpc) is 3.35. The molecule has 7 heteroatoms. The number of esters is 1. The number of carbonyl (C=O) groups is 1. The first-order chi connectivity index (χ1) is 14.4. The highest BCUT2D eigenvalue weighted by Gasteiger charge is 2.25. The summed E-state index contributed by atoms with van der Waals surface area (Å²) in [6.07, 6.45) is 0.223. The van der Waals surface area contributed by atoms with E-state index in [4.69, 9.17) is 4.74 Å². The molecule has 1 unspecified atom stereocenters. The zero-order valence-electron chi connectivity index (χ0n) is 17.6. The number of ether oxygens (including phenoxy) is 1. The van der Waals surface area contributed by atoms with Crippen molar-refractivity contribution < 1.29 is 14.6 Å². The minimum atomic E-state index is -0.241. The lowest BCUT2D eigenvalue weighted by Gasteiger charge is -2.21. The summed E-state index contributed by atoms with van der Waals surface area (Å²) < 4.78 is 8.15. The van der Waals surface area contributed by atoms with Gasteiger partial charge in [-0.2, -0.15) is 0 Å². The fourth-order valence-corrected chi connectivity index (χ4v) is 5.14. The van der Waals surface area contributed by atoms with Crippen LogP contribution in [0.4, 0.5) is 0 Å². The highest BCUT2D eigenvalue weighted by Crippen LogP contribution is 2.38. The predicted molar refractivity (Wildman–Crippen MR) is 119 cm³/mol. The zero-order valence-corrected chi connectivity index (χ0v) is 18.4. The summed E-state index contributed by atoms with van der Waals surface area (Å²) in [6.45, 7) is 6.18. The monoisotopic (exact) mass is 423 g/mol. The van der Waals surface area contributed by atoms with Gasteiger partial charge in [-0.3, -0.25) is 4.79 Å². The smallest absolute Gasteiger partial charge is 0.306 e. The number of aliphatic hydroxyl groups excluding tert-OH is 1. The van der Waals surface area contributed by atoms with Crippen molar-refractivity contribution in [1.29, 1.82) is 0 Å². The SMILES string of the molecule is CCOC(=O)CC(c1cc(CO)c2sccc2c1)c1cc(C)c2c(nnn2C)c1C. The minimum absolute atomic E-state index is 0.0435. The van der Waals surface area contributed by atoms with Crippen LogP contribution in [0, 0.1) is 13.8 Å². The maximum atomic E-state index is 12.5. The molecule has 2 aromatic carbocycles. The number of thiophene rings is 1. The molecule has 0 radical (unpaired) electrons. The molecule has 1 N–H and O–H groups in total. The fraction of sp³-hybridized carbons (Fsp3) is 0.348. The van der Waals surface area contributed by atoms with Crippen molar-refractivity contribution in [3.05, 3.63) is 57.5 Å². The van der Waals surface area contributed by atoms with Gasteiger partial charge in [0.2, 0.25) is 0 Å². The van der Waals surface area contributed by atoms with E-state index < -0.39 is 0 Å². The van der Waals surface area contributed by atoms with Crippen molar-refractivity contribution in [1.82, 2.24) is 15.0 Å². The standard InChI is InChI=1S/C23H25N3O3S/c1-5-29-20(28)11-19(16-9-15-6-7-30-23(15)17(10-16)12-27)18-8-13(2)22-21(14(18)3)24-25-26(22)4/h6-10,19,27H,5,11-12H2,1-4H3. The topological polar surface area (TPSA) is 77.2 Å². The first-order valence-corrected chi connectivity index (χ1v) is 10.9. The Labute approximate surface area is 179 Å². The normalized spacial score (nSPS) is 12.6. The lowest BCUT2D eigenvalue weighted by molar-refractivity contribution is -0.143. The molecule has 0 fully saturated rings. The van der Waals surface area contributed by atoms with Crippen molar-refractivity contribution >= 4 is 38.4 Å². The Morgan fingerprint density at radius 2 is 2.10 bits per heavy atom. The van der Waals surface area contributed by atoms with Crippen LogP contribution in [-0.4, -0.2) is 32.7 Å². The molecule has 0 spiro atoms. The summed E-state index contributed by atoms with van der Waals surface area (Å²) in [5.41, 5.74) is 6.81. The first kappa shape index (κ1) is 20.5. The van der Waals surface area contributed by atoms with Crippen LogP contribution in [0.1, 0.15) is 47.1 Å². The molecular weight excluding hydrogens is 398 g/mol. The highest BCUT2D eigenvalue weighted by atomic mass is 32.1. The van der Waals surface area contributed by atoms with Crippen molar-refractivity contribution in [2.24, 2.45) is 7.05 Å². The largest absolute Gasteiger partial charge is 0.466 e. The Morgan fingerprint density at radius 1 is 1.30 bits per heavy atom. The third kappa shape index (κ3) is 3.48. The molecule has 1 atom stereocenters. The summed E-state index contributed by atoms with van der Waals surface area (Å²) >= 11 is 1.61. The van der Waals surface area contributed by atoms with Crippen LogP contribution in [0.5, 0.6) is 0 Å². The van der Waals surface area contributed by atoms with Gasteiger partial charge in [0, 0.05) is 17.7 Å². The maximum absolute atomic E-state index is 12.5. The van der Waals surface area contributed by atoms with Crippen molar-refractivity contribution in [2.45, 2.75) is 39.7 Å². The van der Waals surface area contributed by atoms with Crippen LogP contribution in [0.2, 0.25) is 0 Å². The molecule has 30 heavy (non-hydrogen) atoms. The van der Waals surface area contributed by atoms with E-state index in [0.29, 0.717) is 6.61 Å². The minimum Gasteiger partial charge on any atom is -0.466 e. The summed E-state index contributed by atoms with van der Waals surface area (Å²) in [5.74, 6) is -0.446. The molecule has 0 amide bonds. The molecule has 0 saturated heterocycles. The van der Waals surface area contributed by atoms with Gasteiger partial charge in [0.25, 0.3) is 0 Å². The number of aromatic nitrogens is 3. The van der Waals surface area contributed by atoms with Crippen LogP contribution < -0.4 is 0 Å². The maximum Gasteiger partial charge on any atom is 0.306 e. The number of fused-ring (bicyclic) bond motifs is 2. The molecule has 0 aliphatic rings. The summed E-state index contributed by atoms with van der Waals surface area (Å²) in [6, 6.07) is 8.30. The van der Waals surface area contributed by atoms with E-state index in [0.717, 1.165) is 48.9 Å². The van der Waals surface area contributed by atoms with E-state index in [2.05, 4.69) is 22.4 Å². The van der Waals surface area contributed by atoms with Crippen LogP contribution in [-0.2, 0) is 23.2 Å². The van der Waals surface area contributed by atoms with Gasteiger partial charge in [0.1, 0.15) is 5.52 Å². The van der Waals surface area contributed by atoms with Crippen molar-refractivity contribution in [2.75, 3.05) is 6.61 Å². The average molecular weight is 424 g/mol. The quantitative estimate of drug-likeness (QED) is 0.466. The molecule has 0 aliphatic carbocycles. The number of nitrogens with zero attached hydrogens (tertiary/aromatic N) is 3. The van der Waals surface area contributed by atoms with Gasteiger partial charge in [-0.15, -0.1) is 16.4 Å². The van der Waals surface area contributed by atoms with Gasteiger partial charge in [-0.25, -0.2) is 4.68 Å². The Hall–Kier alpha value is -2.77. The molecule has 4 aromatic rings. The Morgan fingerprint density at radius 3 is 2.83 bits per heavy atom. The van der Waals surface area contributed by atoms with Gasteiger partial charge in [0.15, 0.2) is 0 Å². The molecular formula is C23H25N3O3S. The van der Waals surface area contributed by atoms with E-state index in [1.54, 1.807) is 16.0 Å². The number of benzene rings is 2. The number of hydrogen-bond donors (Lipinski definition) is 1. The summed E-state index contributed by atoms with van der Waals surface area (Å²) in [7, 11) is 1.88. The van der Waals surface area contributed by atoms with Gasteiger partial charge in [-0.1, -0.05) is 17.3 Å². The highest BCUT2D eigenvalue weighted by molar-refractivity contribution is 7.17. The number of rotatable bonds is 6. The zero-order chi connectivity index (χ0) is 21.4. The molecule has 6 nitrogen and oxygen atoms in total. The third-order valence-corrected chi connectivity index (χ3v) is 6.64. The van der Waals surface area contributed by atoms with Gasteiger partial charge in [0.05, 0.1) is 25.2 Å². The van der Waals surface area contributed by atoms with Gasteiger partial charge < -0.3 is 9.84 Å². The second kappa shape index (κ2) is 8.16. The van der Waals surface area contributed by atoms with Crippen molar-refractivity contribution in [3.8, 4) is 0 Å². The van der Waals surface area contributed by atoms with E-state index >= 15 is 0 Å². The number of carbonyl (C=O) groups excluding carboxylic acids is 1. The lowest BCUT2D eigenvalue weighted by atomic mass is 9.83. The Bertz CT molecular complexity index is 1240. The summed E-state index contributed by atoms with van der Waals surface area (Å²) in [4.78, 5) is 12.5. The first-order valence-electron chi connectivity index (χ1n) is 10.0. The van der Waals surface area contributed by atoms with Crippen LogP contribution >= 0.6 is 11.3 Å². The lowest BCUT2D eigenvalue weighted by Crippen LogP contribution is -2.13. The van der Waals surface area contributed by atoms with Crippen molar-refractivity contribution in [3.63, 3.8) is 0 Å². The third-order valence-electron chi connectivity index (χ3n) is 5.64. The molecule has 0 bridgehead atoms. The van der Waals surface area contributed by atoms with Crippen LogP contribution in [0.15, 0.2) is 29.6 Å². The van der Waals surface area contributed by atoms with E-state index in [1.165, 1.54) is 0 Å². The van der Waals surface area contributed by atoms with E-state index in [9.17, 15) is 9.90 Å². The molecule has 2 heterocycles. The Kier molecular flexibility index (Phi) is 5.58. The van der Waals surface area contributed by atoms with Gasteiger partial charge in [-0.05, 0) is 71.5 Å².